The molecule has 0 fully saturated rings. The van der Waals surface area contributed by atoms with Gasteiger partial charge in [-0.05, 0) is 36.4 Å². The Kier molecular flexibility index (Phi) is 5.20. The van der Waals surface area contributed by atoms with Crippen LogP contribution in [0.5, 0.6) is 0 Å². The Bertz CT molecular complexity index is 1640. The van der Waals surface area contributed by atoms with Gasteiger partial charge in [0.1, 0.15) is 12.4 Å². The third kappa shape index (κ3) is 3.88. The molecule has 0 radical (unpaired) electrons. The fourth-order valence-corrected chi connectivity index (χ4v) is 3.68. The maximum absolute atomic E-state index is 13.0. The number of hydrogen-bond acceptors (Lipinski definition) is 6. The van der Waals surface area contributed by atoms with E-state index >= 15 is 0 Å². The third-order valence-electron chi connectivity index (χ3n) is 5.06. The minimum Gasteiger partial charge on any atom is -0.453 e. The molecular formula is C24H15ClN4O4. The van der Waals surface area contributed by atoms with Gasteiger partial charge < -0.3 is 9.72 Å². The molecule has 2 aromatic heterocycles. The molecule has 8 nitrogen and oxygen atoms in total. The summed E-state index contributed by atoms with van der Waals surface area (Å²) in [6, 6.07) is 20.2. The Morgan fingerprint density at radius 3 is 2.45 bits per heavy atom. The van der Waals surface area contributed by atoms with Crippen molar-refractivity contribution in [3.63, 3.8) is 0 Å². The Labute approximate surface area is 191 Å². The van der Waals surface area contributed by atoms with Gasteiger partial charge in [-0.25, -0.2) is 9.78 Å². The maximum Gasteiger partial charge on any atom is 0.359 e. The van der Waals surface area contributed by atoms with Gasteiger partial charge in [-0.3, -0.25) is 9.59 Å². The number of fused-ring (bicyclic) bond motifs is 2. The van der Waals surface area contributed by atoms with Crippen molar-refractivity contribution in [1.29, 1.82) is 0 Å². The molecule has 162 valence electrons. The van der Waals surface area contributed by atoms with Crippen LogP contribution in [0, 0.1) is 0 Å². The zero-order valence-corrected chi connectivity index (χ0v) is 17.7. The number of para-hydroxylation sites is 1. The summed E-state index contributed by atoms with van der Waals surface area (Å²) in [5.41, 5.74) is 0.146. The minimum absolute atomic E-state index is 0.0276. The second-order valence-electron chi connectivity index (χ2n) is 7.20. The normalized spacial score (nSPS) is 11.1. The average molecular weight is 459 g/mol. The number of carbonyl (C=O) groups is 1. The maximum atomic E-state index is 13.0. The van der Waals surface area contributed by atoms with Crippen LogP contribution in [0.4, 0.5) is 0 Å². The van der Waals surface area contributed by atoms with Crippen LogP contribution < -0.4 is 11.1 Å². The molecule has 0 aliphatic carbocycles. The molecule has 0 aliphatic heterocycles. The number of nitrogens with one attached hydrogen (secondary N) is 1. The van der Waals surface area contributed by atoms with Gasteiger partial charge in [0.05, 0.1) is 22.0 Å². The van der Waals surface area contributed by atoms with Gasteiger partial charge in [0, 0.05) is 10.4 Å². The quantitative estimate of drug-likeness (QED) is 0.412. The largest absolute Gasteiger partial charge is 0.453 e. The first-order chi connectivity index (χ1) is 16.0. The first kappa shape index (κ1) is 20.6. The number of esters is 1. The predicted molar refractivity (Wildman–Crippen MR) is 124 cm³/mol. The van der Waals surface area contributed by atoms with Crippen LogP contribution in [0.15, 0.2) is 82.4 Å². The topological polar surface area (TPSA) is 107 Å². The van der Waals surface area contributed by atoms with E-state index in [1.165, 1.54) is 0 Å². The molecule has 0 spiro atoms. The number of halogens is 1. The molecule has 33 heavy (non-hydrogen) atoms. The molecule has 0 aliphatic rings. The molecule has 0 bridgehead atoms. The average Bonchev–Trinajstić information content (AvgIpc) is 2.83. The van der Waals surface area contributed by atoms with E-state index in [4.69, 9.17) is 16.3 Å². The smallest absolute Gasteiger partial charge is 0.359 e. The Morgan fingerprint density at radius 1 is 0.939 bits per heavy atom. The zero-order valence-electron chi connectivity index (χ0n) is 17.0. The van der Waals surface area contributed by atoms with Crippen molar-refractivity contribution >= 4 is 39.2 Å². The summed E-state index contributed by atoms with van der Waals surface area (Å²) in [5.74, 6) is -0.603. The van der Waals surface area contributed by atoms with Gasteiger partial charge in [-0.1, -0.05) is 48.0 Å². The summed E-state index contributed by atoms with van der Waals surface area (Å²) in [4.78, 5) is 45.2. The highest BCUT2D eigenvalue weighted by atomic mass is 35.5. The van der Waals surface area contributed by atoms with E-state index in [9.17, 15) is 14.4 Å². The summed E-state index contributed by atoms with van der Waals surface area (Å²) in [6.07, 6.45) is 0. The molecule has 9 heteroatoms. The van der Waals surface area contributed by atoms with Crippen molar-refractivity contribution in [2.24, 2.45) is 0 Å². The van der Waals surface area contributed by atoms with Crippen LogP contribution in [0.1, 0.15) is 16.3 Å². The number of aromatic amines is 1. The first-order valence-electron chi connectivity index (χ1n) is 9.94. The van der Waals surface area contributed by atoms with E-state index in [2.05, 4.69) is 15.1 Å². The summed E-state index contributed by atoms with van der Waals surface area (Å²) >= 11 is 5.99. The monoisotopic (exact) mass is 458 g/mol. The van der Waals surface area contributed by atoms with E-state index in [-0.39, 0.29) is 29.2 Å². The van der Waals surface area contributed by atoms with Crippen molar-refractivity contribution in [2.75, 3.05) is 0 Å². The van der Waals surface area contributed by atoms with Crippen molar-refractivity contribution in [1.82, 2.24) is 19.7 Å². The van der Waals surface area contributed by atoms with Crippen LogP contribution in [0.25, 0.3) is 27.4 Å². The van der Waals surface area contributed by atoms with E-state index < -0.39 is 5.97 Å². The molecule has 0 atom stereocenters. The highest BCUT2D eigenvalue weighted by Gasteiger charge is 2.19. The highest BCUT2D eigenvalue weighted by molar-refractivity contribution is 6.31. The number of hydrogen-bond donors (Lipinski definition) is 1. The number of nitrogens with zero attached hydrogens (tertiary/aromatic N) is 3. The number of H-pyrrole nitrogens is 1. The van der Waals surface area contributed by atoms with E-state index in [0.717, 1.165) is 4.68 Å². The highest BCUT2D eigenvalue weighted by Crippen LogP contribution is 2.17. The molecule has 0 amide bonds. The van der Waals surface area contributed by atoms with Crippen LogP contribution in [0.3, 0.4) is 0 Å². The lowest BCUT2D eigenvalue weighted by Gasteiger charge is -2.11. The number of rotatable bonds is 4. The Balaban J connectivity index is 1.53. The molecule has 0 saturated carbocycles. The van der Waals surface area contributed by atoms with Crippen molar-refractivity contribution in [2.45, 2.75) is 6.61 Å². The van der Waals surface area contributed by atoms with Crippen molar-refractivity contribution < 1.29 is 9.53 Å². The lowest BCUT2D eigenvalue weighted by atomic mass is 10.1. The Hall–Kier alpha value is -4.30. The van der Waals surface area contributed by atoms with Crippen molar-refractivity contribution in [3.8, 4) is 5.69 Å². The van der Waals surface area contributed by atoms with Crippen LogP contribution in [-0.4, -0.2) is 25.7 Å². The van der Waals surface area contributed by atoms with Gasteiger partial charge >= 0.3 is 5.97 Å². The number of carbonyl (C=O) groups excluding carboxylic acids is 1. The fourth-order valence-electron chi connectivity index (χ4n) is 3.52. The van der Waals surface area contributed by atoms with Crippen LogP contribution in [0.2, 0.25) is 5.02 Å². The summed E-state index contributed by atoms with van der Waals surface area (Å²) in [7, 11) is 0. The lowest BCUT2D eigenvalue weighted by Crippen LogP contribution is -2.25. The SMILES string of the molecule is O=C(OCc1nc2cc(Cl)ccc2c(=O)[nH]1)c1nn(-c2ccccc2)c(=O)c2ccccc12. The van der Waals surface area contributed by atoms with Gasteiger partial charge in [-0.15, -0.1) is 0 Å². The van der Waals surface area contributed by atoms with Gasteiger partial charge in [0.25, 0.3) is 11.1 Å². The molecule has 2 heterocycles. The van der Waals surface area contributed by atoms with Gasteiger partial charge in [-0.2, -0.15) is 9.78 Å². The number of benzene rings is 3. The van der Waals surface area contributed by atoms with Crippen molar-refractivity contribution in [3.05, 3.63) is 110 Å². The van der Waals surface area contributed by atoms with Crippen LogP contribution >= 0.6 is 11.6 Å². The van der Waals surface area contributed by atoms with E-state index in [1.54, 1.807) is 66.7 Å². The third-order valence-corrected chi connectivity index (χ3v) is 5.29. The molecular weight excluding hydrogens is 444 g/mol. The number of ether oxygens (including phenoxy) is 1. The summed E-state index contributed by atoms with van der Waals surface area (Å²) in [5, 5.41) is 5.78. The molecule has 0 saturated heterocycles. The van der Waals surface area contributed by atoms with E-state index in [1.807, 2.05) is 6.07 Å². The molecule has 1 N–H and O–H groups in total. The summed E-state index contributed by atoms with van der Waals surface area (Å²) < 4.78 is 6.57. The molecule has 3 aromatic carbocycles. The predicted octanol–water partition coefficient (Wildman–Crippen LogP) is 3.63. The molecule has 5 rings (SSSR count). The molecule has 0 unspecified atom stereocenters. The minimum atomic E-state index is -0.760. The van der Waals surface area contributed by atoms with Gasteiger partial charge in [0.2, 0.25) is 0 Å². The zero-order chi connectivity index (χ0) is 22.9. The number of aromatic nitrogens is 4. The Morgan fingerprint density at radius 2 is 1.67 bits per heavy atom. The molecule has 5 aromatic rings. The second-order valence-corrected chi connectivity index (χ2v) is 7.63. The fraction of sp³-hybridized carbons (Fsp3) is 0.0417. The summed E-state index contributed by atoms with van der Waals surface area (Å²) in [6.45, 7) is -0.295. The van der Waals surface area contributed by atoms with Gasteiger partial charge in [0.15, 0.2) is 5.69 Å². The van der Waals surface area contributed by atoms with E-state index in [0.29, 0.717) is 32.4 Å². The second kappa shape index (κ2) is 8.33. The lowest BCUT2D eigenvalue weighted by molar-refractivity contribution is 0.0456. The first-order valence-corrected chi connectivity index (χ1v) is 10.3. The van der Waals surface area contributed by atoms with Crippen LogP contribution in [-0.2, 0) is 11.3 Å². The standard InChI is InChI=1S/C24H15ClN4O4/c25-14-10-11-18-19(12-14)26-20(27-22(18)30)13-33-24(32)21-16-8-4-5-9-17(16)23(31)29(28-21)15-6-2-1-3-7-15/h1-12H,13H2,(H,26,27,30).